The predicted octanol–water partition coefficient (Wildman–Crippen LogP) is 1.10. The molecule has 1 aliphatic rings. The zero-order valence-electron chi connectivity index (χ0n) is 13.0. The number of ether oxygens (including phenoxy) is 1. The molecular weight excluding hydrogens is 296 g/mol. The highest BCUT2D eigenvalue weighted by Crippen LogP contribution is 2.34. The molecule has 0 fully saturated rings. The van der Waals surface area contributed by atoms with Crippen LogP contribution < -0.4 is 15.4 Å². The Labute approximate surface area is 133 Å². The van der Waals surface area contributed by atoms with Crippen LogP contribution in [0.25, 0.3) is 0 Å². The van der Waals surface area contributed by atoms with Gasteiger partial charge in [0.25, 0.3) is 17.4 Å². The lowest BCUT2D eigenvalue weighted by Crippen LogP contribution is -2.59. The van der Waals surface area contributed by atoms with Crippen LogP contribution in [0, 0.1) is 6.92 Å². The third-order valence-electron chi connectivity index (χ3n) is 3.75. The predicted molar refractivity (Wildman–Crippen MR) is 84.1 cm³/mol. The van der Waals surface area contributed by atoms with Crippen LogP contribution in [0.3, 0.4) is 0 Å². The van der Waals surface area contributed by atoms with Gasteiger partial charge in [0.15, 0.2) is 0 Å². The molecule has 2 heterocycles. The fraction of sp³-hybridized carbons (Fsp3) is 0.312. The van der Waals surface area contributed by atoms with Gasteiger partial charge in [0.2, 0.25) is 0 Å². The van der Waals surface area contributed by atoms with Gasteiger partial charge in [-0.2, -0.15) is 5.10 Å². The van der Waals surface area contributed by atoms with E-state index in [2.05, 4.69) is 15.7 Å². The van der Waals surface area contributed by atoms with Crippen molar-refractivity contribution in [1.82, 2.24) is 15.1 Å². The summed E-state index contributed by atoms with van der Waals surface area (Å²) in [6.45, 7) is 4.26. The fourth-order valence-electron chi connectivity index (χ4n) is 2.37. The smallest absolute Gasteiger partial charge is 0.278 e. The van der Waals surface area contributed by atoms with Crippen LogP contribution >= 0.6 is 0 Å². The van der Waals surface area contributed by atoms with Gasteiger partial charge in [-0.05, 0) is 37.6 Å². The molecule has 0 saturated heterocycles. The molecule has 2 N–H and O–H groups in total. The van der Waals surface area contributed by atoms with E-state index in [-0.39, 0.29) is 0 Å². The minimum Gasteiger partial charge on any atom is -0.466 e. The number of hydrogen-bond donors (Lipinski definition) is 2. The lowest BCUT2D eigenvalue weighted by atomic mass is 10.0. The highest BCUT2D eigenvalue weighted by molar-refractivity contribution is 6.15. The summed E-state index contributed by atoms with van der Waals surface area (Å²) in [5.41, 5.74) is -0.0106. The van der Waals surface area contributed by atoms with Crippen LogP contribution in [0.5, 0.6) is 5.75 Å². The number of anilines is 1. The molecule has 0 bridgehead atoms. The molecule has 7 nitrogen and oxygen atoms in total. The average molecular weight is 314 g/mol. The first-order chi connectivity index (χ1) is 11.0. The second kappa shape index (κ2) is 5.75. The monoisotopic (exact) mass is 314 g/mol. The first-order valence-electron chi connectivity index (χ1n) is 7.36. The number of aryl methyl sites for hydroxylation is 1. The molecule has 0 spiro atoms. The van der Waals surface area contributed by atoms with Crippen molar-refractivity contribution in [2.45, 2.75) is 26.0 Å². The summed E-state index contributed by atoms with van der Waals surface area (Å²) in [4.78, 5) is 24.7. The van der Waals surface area contributed by atoms with Gasteiger partial charge in [0, 0.05) is 18.9 Å². The van der Waals surface area contributed by atoms with Crippen molar-refractivity contribution in [2.24, 2.45) is 0 Å². The zero-order chi connectivity index (χ0) is 16.4. The van der Waals surface area contributed by atoms with Gasteiger partial charge < -0.3 is 15.4 Å². The summed E-state index contributed by atoms with van der Waals surface area (Å²) in [6, 6.07) is 7.23. The molecule has 1 aromatic carbocycles. The highest BCUT2D eigenvalue weighted by Gasteiger charge is 2.47. The highest BCUT2D eigenvalue weighted by atomic mass is 16.5. The summed E-state index contributed by atoms with van der Waals surface area (Å²) < 4.78 is 7.39. The lowest BCUT2D eigenvalue weighted by molar-refractivity contribution is -0.146. The Morgan fingerprint density at radius 2 is 2.30 bits per heavy atom. The molecule has 2 aromatic rings. The third-order valence-corrected chi connectivity index (χ3v) is 3.75. The zero-order valence-corrected chi connectivity index (χ0v) is 13.0. The van der Waals surface area contributed by atoms with E-state index in [0.717, 1.165) is 5.56 Å². The Kier molecular flexibility index (Phi) is 3.77. The molecular formula is C16H18N4O3. The number of nitrogens with zero attached hydrogens (tertiary/aromatic N) is 2. The number of aromatic nitrogens is 2. The Morgan fingerprint density at radius 3 is 3.04 bits per heavy atom. The van der Waals surface area contributed by atoms with Crippen LogP contribution in [-0.4, -0.2) is 33.7 Å². The van der Waals surface area contributed by atoms with Crippen molar-refractivity contribution >= 4 is 17.5 Å². The van der Waals surface area contributed by atoms with Gasteiger partial charge in [-0.1, -0.05) is 6.07 Å². The molecule has 7 heteroatoms. The van der Waals surface area contributed by atoms with E-state index in [9.17, 15) is 9.59 Å². The molecule has 1 atom stereocenters. The molecule has 0 radical (unpaired) electrons. The molecule has 1 unspecified atom stereocenters. The van der Waals surface area contributed by atoms with Crippen LogP contribution in [-0.2, 0) is 16.1 Å². The molecule has 0 aliphatic carbocycles. The van der Waals surface area contributed by atoms with Gasteiger partial charge in [0.05, 0.1) is 12.2 Å². The third kappa shape index (κ3) is 2.90. The van der Waals surface area contributed by atoms with Crippen molar-refractivity contribution in [3.63, 3.8) is 0 Å². The minimum absolute atomic E-state index is 0.355. The van der Waals surface area contributed by atoms with Gasteiger partial charge in [-0.3, -0.25) is 14.3 Å². The number of carbonyl (C=O) groups excluding carboxylic acids is 2. The maximum Gasteiger partial charge on any atom is 0.278 e. The Bertz CT molecular complexity index is 742. The molecule has 0 saturated carbocycles. The molecule has 1 aliphatic heterocycles. The van der Waals surface area contributed by atoms with E-state index in [0.29, 0.717) is 24.5 Å². The normalized spacial score (nSPS) is 19.5. The van der Waals surface area contributed by atoms with Crippen molar-refractivity contribution in [3.05, 3.63) is 42.2 Å². The number of benzene rings is 1. The summed E-state index contributed by atoms with van der Waals surface area (Å²) in [5.74, 6) is -0.472. The average Bonchev–Trinajstić information content (AvgIpc) is 3.02. The number of carbonyl (C=O) groups is 2. The maximum atomic E-state index is 12.4. The summed E-state index contributed by atoms with van der Waals surface area (Å²) in [7, 11) is 0. The van der Waals surface area contributed by atoms with Gasteiger partial charge in [0.1, 0.15) is 5.75 Å². The fourth-order valence-corrected chi connectivity index (χ4v) is 2.37. The largest absolute Gasteiger partial charge is 0.466 e. The molecule has 120 valence electrons. The van der Waals surface area contributed by atoms with E-state index in [1.165, 1.54) is 6.92 Å². The first-order valence-corrected chi connectivity index (χ1v) is 7.36. The van der Waals surface area contributed by atoms with E-state index in [1.807, 2.05) is 19.1 Å². The SMILES string of the molecule is Cc1ccc2c(c1)NC(=O)C(C)(C(=O)NCCn1cccn1)O2. The van der Waals surface area contributed by atoms with Crippen LogP contribution in [0.15, 0.2) is 36.7 Å². The van der Waals surface area contributed by atoms with Gasteiger partial charge in [-0.15, -0.1) is 0 Å². The second-order valence-electron chi connectivity index (χ2n) is 5.61. The quantitative estimate of drug-likeness (QED) is 0.828. The van der Waals surface area contributed by atoms with Crippen LogP contribution in [0.2, 0.25) is 0 Å². The Morgan fingerprint density at radius 1 is 1.48 bits per heavy atom. The van der Waals surface area contributed by atoms with Crippen molar-refractivity contribution in [2.75, 3.05) is 11.9 Å². The number of hydrogen-bond acceptors (Lipinski definition) is 4. The minimum atomic E-state index is -1.59. The second-order valence-corrected chi connectivity index (χ2v) is 5.61. The molecule has 3 rings (SSSR count). The summed E-state index contributed by atoms with van der Waals surface area (Å²) >= 11 is 0. The number of amides is 2. The summed E-state index contributed by atoms with van der Waals surface area (Å²) in [5, 5.41) is 9.50. The van der Waals surface area contributed by atoms with E-state index in [1.54, 1.807) is 29.2 Å². The first kappa shape index (κ1) is 15.1. The number of nitrogens with one attached hydrogen (secondary N) is 2. The Balaban J connectivity index is 1.69. The standard InChI is InChI=1S/C16H18N4O3/c1-11-4-5-13-12(10-11)19-15(22)16(2,23-13)14(21)17-7-9-20-8-3-6-18-20/h3-6,8,10H,7,9H2,1-2H3,(H,17,21)(H,19,22). The Hall–Kier alpha value is -2.83. The van der Waals surface area contributed by atoms with E-state index >= 15 is 0 Å². The molecule has 23 heavy (non-hydrogen) atoms. The van der Waals surface area contributed by atoms with Crippen molar-refractivity contribution in [1.29, 1.82) is 0 Å². The molecule has 2 amide bonds. The van der Waals surface area contributed by atoms with E-state index < -0.39 is 17.4 Å². The maximum absolute atomic E-state index is 12.4. The van der Waals surface area contributed by atoms with Crippen molar-refractivity contribution in [3.8, 4) is 5.75 Å². The summed E-state index contributed by atoms with van der Waals surface area (Å²) in [6.07, 6.45) is 3.47. The topological polar surface area (TPSA) is 85.3 Å². The lowest BCUT2D eigenvalue weighted by Gasteiger charge is -2.33. The molecule has 1 aromatic heterocycles. The van der Waals surface area contributed by atoms with E-state index in [4.69, 9.17) is 4.74 Å². The van der Waals surface area contributed by atoms with Crippen molar-refractivity contribution < 1.29 is 14.3 Å². The number of fused-ring (bicyclic) bond motifs is 1. The van der Waals surface area contributed by atoms with Gasteiger partial charge >= 0.3 is 0 Å². The van der Waals surface area contributed by atoms with Gasteiger partial charge in [-0.25, -0.2) is 0 Å². The number of rotatable bonds is 4. The van der Waals surface area contributed by atoms with Crippen LogP contribution in [0.1, 0.15) is 12.5 Å². The van der Waals surface area contributed by atoms with Crippen LogP contribution in [0.4, 0.5) is 5.69 Å².